The summed E-state index contributed by atoms with van der Waals surface area (Å²) in [5.41, 5.74) is -0.676. The summed E-state index contributed by atoms with van der Waals surface area (Å²) in [6.07, 6.45) is 2.88. The zero-order chi connectivity index (χ0) is 12.5. The van der Waals surface area contributed by atoms with E-state index in [-0.39, 0.29) is 12.1 Å². The molecule has 0 aliphatic carbocycles. The molecule has 0 aromatic carbocycles. The van der Waals surface area contributed by atoms with Crippen LogP contribution < -0.4 is 5.32 Å². The lowest BCUT2D eigenvalue weighted by molar-refractivity contribution is -0.0515. The quantitative estimate of drug-likeness (QED) is 0.758. The molecule has 2 aliphatic heterocycles. The molecule has 0 bridgehead atoms. The van der Waals surface area contributed by atoms with E-state index in [4.69, 9.17) is 4.74 Å². The van der Waals surface area contributed by atoms with Crippen molar-refractivity contribution in [2.45, 2.75) is 57.4 Å². The van der Waals surface area contributed by atoms with Gasteiger partial charge in [-0.05, 0) is 40.2 Å². The van der Waals surface area contributed by atoms with Gasteiger partial charge in [0, 0.05) is 25.2 Å². The van der Waals surface area contributed by atoms with E-state index >= 15 is 0 Å². The van der Waals surface area contributed by atoms with Gasteiger partial charge in [0.25, 0.3) is 0 Å². The van der Waals surface area contributed by atoms with Crippen LogP contribution in [-0.2, 0) is 4.74 Å². The number of rotatable bonds is 4. The molecule has 100 valence electrons. The summed E-state index contributed by atoms with van der Waals surface area (Å²) >= 11 is 0. The lowest BCUT2D eigenvalue weighted by Crippen LogP contribution is -2.53. The summed E-state index contributed by atoms with van der Waals surface area (Å²) in [7, 11) is 0. The van der Waals surface area contributed by atoms with Crippen LogP contribution in [-0.4, -0.2) is 60.0 Å². The topological polar surface area (TPSA) is 44.7 Å². The van der Waals surface area contributed by atoms with Crippen LogP contribution in [0, 0.1) is 0 Å². The van der Waals surface area contributed by atoms with Crippen molar-refractivity contribution in [3.8, 4) is 0 Å². The predicted octanol–water partition coefficient (Wildman–Crippen LogP) is 0.599. The molecule has 2 fully saturated rings. The van der Waals surface area contributed by atoms with Crippen molar-refractivity contribution in [1.82, 2.24) is 10.2 Å². The number of nitrogens with zero attached hydrogens (tertiary/aromatic N) is 1. The van der Waals surface area contributed by atoms with Crippen LogP contribution in [0.3, 0.4) is 0 Å². The Morgan fingerprint density at radius 2 is 2.29 bits per heavy atom. The second-order valence-electron chi connectivity index (χ2n) is 6.03. The Morgan fingerprint density at radius 3 is 3.00 bits per heavy atom. The van der Waals surface area contributed by atoms with Gasteiger partial charge >= 0.3 is 0 Å². The molecule has 4 heteroatoms. The van der Waals surface area contributed by atoms with E-state index in [9.17, 15) is 5.11 Å². The average molecular weight is 242 g/mol. The maximum atomic E-state index is 9.85. The van der Waals surface area contributed by atoms with Crippen LogP contribution in [0.25, 0.3) is 0 Å². The van der Waals surface area contributed by atoms with Crippen molar-refractivity contribution in [2.75, 3.05) is 26.2 Å². The lowest BCUT2D eigenvalue weighted by atomic mass is 10.0. The van der Waals surface area contributed by atoms with Gasteiger partial charge in [-0.15, -0.1) is 0 Å². The van der Waals surface area contributed by atoms with Crippen LogP contribution in [0.15, 0.2) is 0 Å². The number of ether oxygens (including phenoxy) is 1. The highest BCUT2D eigenvalue weighted by molar-refractivity contribution is 4.87. The summed E-state index contributed by atoms with van der Waals surface area (Å²) in [4.78, 5) is 2.55. The van der Waals surface area contributed by atoms with Crippen molar-refractivity contribution in [1.29, 1.82) is 0 Å². The van der Waals surface area contributed by atoms with Gasteiger partial charge in [0.1, 0.15) is 0 Å². The third-order valence-corrected chi connectivity index (χ3v) is 4.17. The van der Waals surface area contributed by atoms with E-state index in [1.165, 1.54) is 19.4 Å². The summed E-state index contributed by atoms with van der Waals surface area (Å²) in [5, 5.41) is 13.2. The first kappa shape index (κ1) is 13.3. The third-order valence-electron chi connectivity index (χ3n) is 4.17. The summed E-state index contributed by atoms with van der Waals surface area (Å²) < 4.78 is 5.87. The normalized spacial score (nSPS) is 32.5. The maximum absolute atomic E-state index is 9.85. The molecule has 0 radical (unpaired) electrons. The minimum absolute atomic E-state index is 0.0856. The zero-order valence-electron chi connectivity index (χ0n) is 11.3. The van der Waals surface area contributed by atoms with E-state index in [2.05, 4.69) is 10.2 Å². The van der Waals surface area contributed by atoms with Crippen LogP contribution >= 0.6 is 0 Å². The van der Waals surface area contributed by atoms with E-state index in [1.807, 2.05) is 20.8 Å². The molecule has 4 nitrogen and oxygen atoms in total. The van der Waals surface area contributed by atoms with Crippen LogP contribution in [0.4, 0.5) is 0 Å². The molecule has 0 aromatic rings. The minimum atomic E-state index is -0.676. The van der Waals surface area contributed by atoms with Gasteiger partial charge in [0.2, 0.25) is 0 Å². The van der Waals surface area contributed by atoms with Gasteiger partial charge in [-0.3, -0.25) is 4.90 Å². The van der Waals surface area contributed by atoms with E-state index in [1.54, 1.807) is 0 Å². The molecular weight excluding hydrogens is 216 g/mol. The average Bonchev–Trinajstić information content (AvgIpc) is 2.71. The number of nitrogens with one attached hydrogen (secondary N) is 1. The second kappa shape index (κ2) is 5.22. The molecule has 2 heterocycles. The molecule has 3 atom stereocenters. The molecule has 0 amide bonds. The molecule has 2 rings (SSSR count). The minimum Gasteiger partial charge on any atom is -0.389 e. The molecule has 0 spiro atoms. The van der Waals surface area contributed by atoms with Crippen molar-refractivity contribution in [2.24, 2.45) is 0 Å². The van der Waals surface area contributed by atoms with Crippen LogP contribution in [0.1, 0.15) is 33.6 Å². The van der Waals surface area contributed by atoms with E-state index in [0.717, 1.165) is 19.7 Å². The van der Waals surface area contributed by atoms with Crippen molar-refractivity contribution < 1.29 is 9.84 Å². The summed E-state index contributed by atoms with van der Waals surface area (Å²) in [5.74, 6) is 0. The molecule has 0 saturated carbocycles. The lowest BCUT2D eigenvalue weighted by Gasteiger charge is -2.36. The molecule has 2 aliphatic rings. The van der Waals surface area contributed by atoms with E-state index < -0.39 is 5.60 Å². The highest BCUT2D eigenvalue weighted by Crippen LogP contribution is 2.22. The SMILES string of the molecule is CC(NCC1CN2CCCC2CO1)C(C)(C)O. The fourth-order valence-corrected chi connectivity index (χ4v) is 2.57. The standard InChI is InChI=1S/C13H26N2O2/c1-10(13(2,3)16)14-7-12-8-15-6-4-5-11(15)9-17-12/h10-12,14,16H,4-9H2,1-3H3. The largest absolute Gasteiger partial charge is 0.389 e. The third kappa shape index (κ3) is 3.41. The van der Waals surface area contributed by atoms with Crippen molar-refractivity contribution in [3.63, 3.8) is 0 Å². The number of fused-ring (bicyclic) bond motifs is 1. The number of hydrogen-bond donors (Lipinski definition) is 2. The highest BCUT2D eigenvalue weighted by Gasteiger charge is 2.32. The number of aliphatic hydroxyl groups is 1. The zero-order valence-corrected chi connectivity index (χ0v) is 11.3. The van der Waals surface area contributed by atoms with Crippen molar-refractivity contribution >= 4 is 0 Å². The molecule has 17 heavy (non-hydrogen) atoms. The predicted molar refractivity (Wildman–Crippen MR) is 68.1 cm³/mol. The van der Waals surface area contributed by atoms with Crippen LogP contribution in [0.2, 0.25) is 0 Å². The molecular formula is C13H26N2O2. The van der Waals surface area contributed by atoms with Gasteiger partial charge in [0.05, 0.1) is 18.3 Å². The van der Waals surface area contributed by atoms with Gasteiger partial charge < -0.3 is 15.2 Å². The van der Waals surface area contributed by atoms with Crippen LogP contribution in [0.5, 0.6) is 0 Å². The summed E-state index contributed by atoms with van der Waals surface area (Å²) in [6, 6.07) is 0.750. The van der Waals surface area contributed by atoms with Crippen molar-refractivity contribution in [3.05, 3.63) is 0 Å². The van der Waals surface area contributed by atoms with E-state index in [0.29, 0.717) is 6.04 Å². The Bertz CT molecular complexity index is 252. The van der Waals surface area contributed by atoms with Gasteiger partial charge in [-0.2, -0.15) is 0 Å². The first-order valence-electron chi connectivity index (χ1n) is 6.78. The Balaban J connectivity index is 1.73. The Labute approximate surface area is 104 Å². The fourth-order valence-electron chi connectivity index (χ4n) is 2.57. The molecule has 2 saturated heterocycles. The first-order chi connectivity index (χ1) is 7.97. The Hall–Kier alpha value is -0.160. The van der Waals surface area contributed by atoms with Gasteiger partial charge in [-0.25, -0.2) is 0 Å². The van der Waals surface area contributed by atoms with Gasteiger partial charge in [0.15, 0.2) is 0 Å². The molecule has 2 N–H and O–H groups in total. The van der Waals surface area contributed by atoms with Gasteiger partial charge in [-0.1, -0.05) is 0 Å². The molecule has 3 unspecified atom stereocenters. The fraction of sp³-hybridized carbons (Fsp3) is 1.00. The Kier molecular flexibility index (Phi) is 4.08. The number of morpholine rings is 1. The first-order valence-corrected chi connectivity index (χ1v) is 6.78. The highest BCUT2D eigenvalue weighted by atomic mass is 16.5. The maximum Gasteiger partial charge on any atom is 0.0827 e. The molecule has 0 aromatic heterocycles. The summed E-state index contributed by atoms with van der Waals surface area (Å²) in [6.45, 7) is 9.66. The smallest absolute Gasteiger partial charge is 0.0827 e. The second-order valence-corrected chi connectivity index (χ2v) is 6.03. The monoisotopic (exact) mass is 242 g/mol. The Morgan fingerprint density at radius 1 is 1.53 bits per heavy atom. The number of hydrogen-bond acceptors (Lipinski definition) is 4.